The molecule has 4 heterocycles. The largest absolute Gasteiger partial charge is 0.497 e. The van der Waals surface area contributed by atoms with Crippen LogP contribution in [0.1, 0.15) is 28.8 Å². The highest BCUT2D eigenvalue weighted by Crippen LogP contribution is 2.37. The van der Waals surface area contributed by atoms with Crippen molar-refractivity contribution < 1.29 is 27.8 Å². The van der Waals surface area contributed by atoms with Gasteiger partial charge in [0, 0.05) is 30.2 Å². The van der Waals surface area contributed by atoms with E-state index >= 15 is 4.39 Å². The Hall–Kier alpha value is -6.15. The molecule has 3 aromatic carbocycles. The second-order valence-corrected chi connectivity index (χ2v) is 12.0. The maximum Gasteiger partial charge on any atom is 0.284 e. The molecule has 0 aliphatic carbocycles. The second kappa shape index (κ2) is 14.8. The average Bonchev–Trinajstić information content (AvgIpc) is 3.50. The van der Waals surface area contributed by atoms with E-state index in [9.17, 15) is 14.0 Å². The minimum atomic E-state index is -0.776. The fraction of sp³-hybridized carbons (Fsp3) is 0.216. The van der Waals surface area contributed by atoms with Crippen molar-refractivity contribution in [3.8, 4) is 28.8 Å². The van der Waals surface area contributed by atoms with Crippen LogP contribution in [0.5, 0.6) is 23.1 Å². The molecular formula is C37H33F2N7O5. The second-order valence-electron chi connectivity index (χ2n) is 12.0. The summed E-state index contributed by atoms with van der Waals surface area (Å²) >= 11 is 0. The molecule has 0 bridgehead atoms. The topological polar surface area (TPSA) is 134 Å². The Morgan fingerprint density at radius 2 is 1.75 bits per heavy atom. The molecule has 0 saturated carbocycles. The van der Waals surface area contributed by atoms with Gasteiger partial charge in [0.2, 0.25) is 5.88 Å². The third-order valence-corrected chi connectivity index (χ3v) is 8.54. The number of benzene rings is 3. The van der Waals surface area contributed by atoms with E-state index in [2.05, 4.69) is 20.7 Å². The summed E-state index contributed by atoms with van der Waals surface area (Å²) < 4.78 is 49.3. The number of ether oxygens (including phenoxy) is 3. The minimum Gasteiger partial charge on any atom is -0.497 e. The van der Waals surface area contributed by atoms with Crippen LogP contribution in [0.3, 0.4) is 0 Å². The molecule has 0 unspecified atom stereocenters. The fourth-order valence-electron chi connectivity index (χ4n) is 5.81. The molecule has 3 aromatic heterocycles. The van der Waals surface area contributed by atoms with Crippen molar-refractivity contribution in [2.45, 2.75) is 19.4 Å². The maximum absolute atomic E-state index is 15.6. The molecule has 0 radical (unpaired) electrons. The standard InChI is InChI=1S/C37H33F2N7O5/c1-49-28-9-2-23(3-10-28)21-45-34-33(36(44-45)50-22-24-12-16-40-17-13-24)32(15-18-41-34)51-31-11-6-26(20-30(31)39)43-35(47)29-14-19-42-46(37(29)48)27-7-4-25(38)5-8-27/h2-11,14-15,18-20,24,40H,12-13,16-17,21-22H2,1H3,(H,43,47). The maximum atomic E-state index is 15.6. The van der Waals surface area contributed by atoms with E-state index in [1.54, 1.807) is 24.1 Å². The Kier molecular flexibility index (Phi) is 9.65. The highest BCUT2D eigenvalue weighted by atomic mass is 19.1. The van der Waals surface area contributed by atoms with Gasteiger partial charge in [0.25, 0.3) is 11.5 Å². The lowest BCUT2D eigenvalue weighted by atomic mass is 9.99. The molecule has 1 amide bonds. The monoisotopic (exact) mass is 693 g/mol. The quantitative estimate of drug-likeness (QED) is 0.174. The van der Waals surface area contributed by atoms with Gasteiger partial charge in [-0.1, -0.05) is 12.1 Å². The molecule has 7 rings (SSSR count). The number of hydrogen-bond acceptors (Lipinski definition) is 9. The summed E-state index contributed by atoms with van der Waals surface area (Å²) in [6.07, 6.45) is 4.79. The Bertz CT molecular complexity index is 2230. The molecule has 1 aliphatic rings. The first-order valence-electron chi connectivity index (χ1n) is 16.3. The van der Waals surface area contributed by atoms with Crippen LogP contribution in [0, 0.1) is 17.6 Å². The zero-order valence-electron chi connectivity index (χ0n) is 27.5. The number of halogens is 2. The fourth-order valence-corrected chi connectivity index (χ4v) is 5.81. The molecule has 0 atom stereocenters. The number of aromatic nitrogens is 5. The first-order chi connectivity index (χ1) is 24.9. The zero-order chi connectivity index (χ0) is 35.3. The van der Waals surface area contributed by atoms with Crippen molar-refractivity contribution in [2.24, 2.45) is 5.92 Å². The van der Waals surface area contributed by atoms with E-state index in [1.807, 2.05) is 24.3 Å². The molecule has 51 heavy (non-hydrogen) atoms. The predicted molar refractivity (Wildman–Crippen MR) is 185 cm³/mol. The number of nitrogens with zero attached hydrogens (tertiary/aromatic N) is 5. The molecule has 0 spiro atoms. The summed E-state index contributed by atoms with van der Waals surface area (Å²) in [6.45, 7) is 2.69. The van der Waals surface area contributed by atoms with Gasteiger partial charge in [0.1, 0.15) is 28.3 Å². The molecule has 6 aromatic rings. The first-order valence-corrected chi connectivity index (χ1v) is 16.3. The minimum absolute atomic E-state index is 0.0903. The number of anilines is 1. The van der Waals surface area contributed by atoms with E-state index in [-0.39, 0.29) is 28.4 Å². The number of rotatable bonds is 11. The van der Waals surface area contributed by atoms with Crippen LogP contribution in [0.4, 0.5) is 14.5 Å². The summed E-state index contributed by atoms with van der Waals surface area (Å²) in [7, 11) is 1.61. The van der Waals surface area contributed by atoms with Crippen LogP contribution >= 0.6 is 0 Å². The number of carbonyl (C=O) groups is 1. The normalized spacial score (nSPS) is 13.2. The molecule has 260 valence electrons. The number of nitrogens with one attached hydrogen (secondary N) is 2. The Morgan fingerprint density at radius 3 is 2.49 bits per heavy atom. The Labute approximate surface area is 290 Å². The highest BCUT2D eigenvalue weighted by molar-refractivity contribution is 6.04. The summed E-state index contributed by atoms with van der Waals surface area (Å²) in [5, 5.41) is 15.1. The van der Waals surface area contributed by atoms with Crippen molar-refractivity contribution in [3.63, 3.8) is 0 Å². The van der Waals surface area contributed by atoms with Crippen LogP contribution in [0.2, 0.25) is 0 Å². The van der Waals surface area contributed by atoms with Gasteiger partial charge in [0.15, 0.2) is 17.2 Å². The summed E-state index contributed by atoms with van der Waals surface area (Å²) in [4.78, 5) is 30.7. The highest BCUT2D eigenvalue weighted by Gasteiger charge is 2.22. The van der Waals surface area contributed by atoms with Gasteiger partial charge in [-0.25, -0.2) is 18.4 Å². The van der Waals surface area contributed by atoms with Crippen molar-refractivity contribution >= 4 is 22.6 Å². The van der Waals surface area contributed by atoms with E-state index in [4.69, 9.17) is 19.3 Å². The lowest BCUT2D eigenvalue weighted by molar-refractivity contribution is 0.102. The SMILES string of the molecule is COc1ccc(Cn2nc(OCC3CCNCC3)c3c(Oc4ccc(NC(=O)c5ccnn(-c6ccc(F)cc6)c5=O)cc4F)ccnc32)cc1. The van der Waals surface area contributed by atoms with Crippen molar-refractivity contribution in [1.29, 1.82) is 0 Å². The summed E-state index contributed by atoms with van der Waals surface area (Å²) in [6, 6.07) is 19.5. The predicted octanol–water partition coefficient (Wildman–Crippen LogP) is 5.74. The molecule has 1 saturated heterocycles. The lowest BCUT2D eigenvalue weighted by Gasteiger charge is -2.22. The Balaban J connectivity index is 1.13. The zero-order valence-corrected chi connectivity index (χ0v) is 27.5. The molecule has 14 heteroatoms. The van der Waals surface area contributed by atoms with Crippen molar-refractivity contribution in [1.82, 2.24) is 29.9 Å². The van der Waals surface area contributed by atoms with Gasteiger partial charge < -0.3 is 24.8 Å². The average molecular weight is 694 g/mol. The molecule has 1 fully saturated rings. The summed E-state index contributed by atoms with van der Waals surface area (Å²) in [5.74, 6) is -0.435. The van der Waals surface area contributed by atoms with E-state index < -0.39 is 23.1 Å². The third-order valence-electron chi connectivity index (χ3n) is 8.54. The van der Waals surface area contributed by atoms with Gasteiger partial charge in [-0.15, -0.1) is 5.10 Å². The van der Waals surface area contributed by atoms with Crippen LogP contribution in [0.25, 0.3) is 16.7 Å². The molecule has 12 nitrogen and oxygen atoms in total. The van der Waals surface area contributed by atoms with Gasteiger partial charge in [0.05, 0.1) is 25.9 Å². The van der Waals surface area contributed by atoms with Crippen molar-refractivity contribution in [2.75, 3.05) is 32.1 Å². The first kappa shape index (κ1) is 33.4. The van der Waals surface area contributed by atoms with Crippen LogP contribution in [-0.2, 0) is 6.54 Å². The Morgan fingerprint density at radius 1 is 0.961 bits per heavy atom. The smallest absolute Gasteiger partial charge is 0.284 e. The van der Waals surface area contributed by atoms with Gasteiger partial charge in [-0.05, 0) is 92.0 Å². The van der Waals surface area contributed by atoms with Crippen LogP contribution in [-0.4, -0.2) is 57.3 Å². The van der Waals surface area contributed by atoms with E-state index in [0.717, 1.165) is 48.0 Å². The molecule has 2 N–H and O–H groups in total. The number of carbonyl (C=O) groups excluding carboxylic acids is 1. The lowest BCUT2D eigenvalue weighted by Crippen LogP contribution is -2.30. The van der Waals surface area contributed by atoms with Gasteiger partial charge in [-0.3, -0.25) is 9.59 Å². The molecule has 1 aliphatic heterocycles. The van der Waals surface area contributed by atoms with Crippen LogP contribution < -0.4 is 30.4 Å². The van der Waals surface area contributed by atoms with E-state index in [1.165, 1.54) is 48.7 Å². The van der Waals surface area contributed by atoms with Crippen molar-refractivity contribution in [3.05, 3.63) is 124 Å². The number of amides is 1. The number of fused-ring (bicyclic) bond motifs is 1. The molecular weight excluding hydrogens is 660 g/mol. The number of methoxy groups -OCH3 is 1. The third kappa shape index (κ3) is 7.40. The number of piperidine rings is 1. The number of pyridine rings is 1. The van der Waals surface area contributed by atoms with E-state index in [0.29, 0.717) is 36.0 Å². The number of hydrogen-bond donors (Lipinski definition) is 2. The summed E-state index contributed by atoms with van der Waals surface area (Å²) in [5.41, 5.74) is 0.861. The van der Waals surface area contributed by atoms with Crippen LogP contribution in [0.15, 0.2) is 96.1 Å². The van der Waals surface area contributed by atoms with Gasteiger partial charge >= 0.3 is 0 Å². The van der Waals surface area contributed by atoms with Gasteiger partial charge in [-0.2, -0.15) is 9.78 Å².